The summed E-state index contributed by atoms with van der Waals surface area (Å²) in [6.45, 7) is 1.84. The molecule has 5 rings (SSSR count). The number of anilines is 1. The van der Waals surface area contributed by atoms with Gasteiger partial charge >= 0.3 is 0 Å². The van der Waals surface area contributed by atoms with Crippen molar-refractivity contribution in [3.63, 3.8) is 0 Å². The van der Waals surface area contributed by atoms with Crippen LogP contribution in [0.2, 0.25) is 0 Å². The highest BCUT2D eigenvalue weighted by atomic mass is 16.5. The Bertz CT molecular complexity index is 1100. The predicted octanol–water partition coefficient (Wildman–Crippen LogP) is 1.19. The number of likely N-dealkylation sites (N-methyl/N-ethyl adjacent to an activating group) is 1. The lowest BCUT2D eigenvalue weighted by atomic mass is 9.90. The van der Waals surface area contributed by atoms with Crippen LogP contribution in [0.4, 0.5) is 5.95 Å². The van der Waals surface area contributed by atoms with Crippen LogP contribution in [0.25, 0.3) is 17.1 Å². The van der Waals surface area contributed by atoms with Gasteiger partial charge in [-0.3, -0.25) is 4.79 Å². The van der Waals surface area contributed by atoms with E-state index in [1.165, 1.54) is 0 Å². The van der Waals surface area contributed by atoms with E-state index in [1.807, 2.05) is 30.5 Å². The van der Waals surface area contributed by atoms with E-state index < -0.39 is 5.60 Å². The van der Waals surface area contributed by atoms with Crippen molar-refractivity contribution in [1.29, 1.82) is 0 Å². The van der Waals surface area contributed by atoms with Crippen molar-refractivity contribution >= 4 is 11.9 Å². The third kappa shape index (κ3) is 3.21. The quantitative estimate of drug-likeness (QED) is 0.656. The van der Waals surface area contributed by atoms with Gasteiger partial charge in [0.25, 0.3) is 5.91 Å². The van der Waals surface area contributed by atoms with Crippen LogP contribution < -0.4 is 5.32 Å². The molecule has 1 atom stereocenters. The normalized spacial score (nSPS) is 21.7. The molecule has 2 aromatic heterocycles. The highest BCUT2D eigenvalue weighted by Gasteiger charge is 2.45. The second-order valence-corrected chi connectivity index (χ2v) is 7.68. The molecule has 0 spiro atoms. The standard InChI is InChI=1S/C21H22N6O3/c1-26-10-7-21(29,19(26)28)15-4-2-3-14(11-15)17-6-9-27(25-17)18-5-8-22-20(24-18)23-16-12-30-13-16/h2-6,8-9,11,16,29H,7,10,12-13H2,1H3,(H,22,23,24). The van der Waals surface area contributed by atoms with Crippen LogP contribution >= 0.6 is 0 Å². The molecular formula is C21H22N6O3. The molecule has 1 aromatic carbocycles. The van der Waals surface area contributed by atoms with Gasteiger partial charge in [0.1, 0.15) is 0 Å². The molecule has 0 radical (unpaired) electrons. The first-order chi connectivity index (χ1) is 14.5. The third-order valence-electron chi connectivity index (χ3n) is 5.58. The Morgan fingerprint density at radius 1 is 1.27 bits per heavy atom. The summed E-state index contributed by atoms with van der Waals surface area (Å²) in [5.41, 5.74) is 0.646. The van der Waals surface area contributed by atoms with Crippen LogP contribution in [0, 0.1) is 0 Å². The van der Waals surface area contributed by atoms with Crippen LogP contribution in [-0.4, -0.2) is 68.5 Å². The summed E-state index contributed by atoms with van der Waals surface area (Å²) < 4.78 is 6.84. The zero-order valence-corrected chi connectivity index (χ0v) is 16.5. The summed E-state index contributed by atoms with van der Waals surface area (Å²) in [4.78, 5) is 22.7. The Labute approximate surface area is 173 Å². The second kappa shape index (κ2) is 7.19. The van der Waals surface area contributed by atoms with Crippen LogP contribution in [0.5, 0.6) is 0 Å². The average molecular weight is 406 g/mol. The van der Waals surface area contributed by atoms with E-state index in [1.54, 1.807) is 35.0 Å². The first-order valence-corrected chi connectivity index (χ1v) is 9.85. The maximum atomic E-state index is 12.4. The lowest BCUT2D eigenvalue weighted by molar-refractivity contribution is -0.143. The molecule has 9 nitrogen and oxygen atoms in total. The molecule has 3 aromatic rings. The molecule has 0 saturated carbocycles. The second-order valence-electron chi connectivity index (χ2n) is 7.68. The van der Waals surface area contributed by atoms with Crippen molar-refractivity contribution < 1.29 is 14.6 Å². The first kappa shape index (κ1) is 18.7. The van der Waals surface area contributed by atoms with Crippen molar-refractivity contribution in [2.75, 3.05) is 32.1 Å². The molecule has 0 bridgehead atoms. The average Bonchev–Trinajstić information content (AvgIpc) is 3.33. The summed E-state index contributed by atoms with van der Waals surface area (Å²) in [5.74, 6) is 0.898. The number of likely N-dealkylation sites (tertiary alicyclic amines) is 1. The molecule has 2 N–H and O–H groups in total. The van der Waals surface area contributed by atoms with E-state index in [9.17, 15) is 9.90 Å². The summed E-state index contributed by atoms with van der Waals surface area (Å²) in [6, 6.07) is 11.2. The number of carbonyl (C=O) groups excluding carboxylic acids is 1. The number of ether oxygens (including phenoxy) is 1. The molecule has 1 unspecified atom stereocenters. The van der Waals surface area contributed by atoms with Crippen LogP contribution in [0.1, 0.15) is 12.0 Å². The molecule has 2 aliphatic rings. The van der Waals surface area contributed by atoms with Crippen molar-refractivity contribution in [2.24, 2.45) is 0 Å². The zero-order chi connectivity index (χ0) is 20.7. The zero-order valence-electron chi connectivity index (χ0n) is 16.5. The van der Waals surface area contributed by atoms with Gasteiger partial charge in [-0.05, 0) is 17.7 Å². The molecule has 1 amide bonds. The number of amides is 1. The smallest absolute Gasteiger partial charge is 0.258 e. The van der Waals surface area contributed by atoms with Gasteiger partial charge in [0.05, 0.1) is 24.9 Å². The van der Waals surface area contributed by atoms with Crippen LogP contribution in [0.15, 0.2) is 48.8 Å². The minimum absolute atomic E-state index is 0.235. The number of hydrogen-bond donors (Lipinski definition) is 2. The summed E-state index contributed by atoms with van der Waals surface area (Å²) in [7, 11) is 1.70. The molecule has 154 valence electrons. The lowest BCUT2D eigenvalue weighted by Gasteiger charge is -2.26. The number of rotatable bonds is 5. The Morgan fingerprint density at radius 2 is 2.13 bits per heavy atom. The molecule has 0 aliphatic carbocycles. The Hall–Kier alpha value is -3.30. The molecular weight excluding hydrogens is 384 g/mol. The molecule has 30 heavy (non-hydrogen) atoms. The SMILES string of the molecule is CN1CCC(O)(c2cccc(-c3ccn(-c4ccnc(NC5COC5)n4)n3)c2)C1=O. The maximum absolute atomic E-state index is 12.4. The van der Waals surface area contributed by atoms with Crippen LogP contribution in [-0.2, 0) is 15.1 Å². The summed E-state index contributed by atoms with van der Waals surface area (Å²) in [5, 5.41) is 18.8. The fraction of sp³-hybridized carbons (Fsp3) is 0.333. The van der Waals surface area contributed by atoms with Gasteiger partial charge in [0, 0.05) is 44.0 Å². The monoisotopic (exact) mass is 406 g/mol. The maximum Gasteiger partial charge on any atom is 0.258 e. The number of nitrogens with zero attached hydrogens (tertiary/aromatic N) is 5. The fourth-order valence-corrected chi connectivity index (χ4v) is 3.71. The topological polar surface area (TPSA) is 105 Å². The lowest BCUT2D eigenvalue weighted by Crippen LogP contribution is -2.40. The third-order valence-corrected chi connectivity index (χ3v) is 5.58. The highest BCUT2D eigenvalue weighted by Crippen LogP contribution is 2.34. The number of carbonyl (C=O) groups is 1. The summed E-state index contributed by atoms with van der Waals surface area (Å²) in [6.07, 6.45) is 3.89. The molecule has 9 heteroatoms. The number of nitrogens with one attached hydrogen (secondary N) is 1. The first-order valence-electron chi connectivity index (χ1n) is 9.85. The van der Waals surface area contributed by atoms with Crippen molar-refractivity contribution in [2.45, 2.75) is 18.1 Å². The van der Waals surface area contributed by atoms with Crippen LogP contribution in [0.3, 0.4) is 0 Å². The van der Waals surface area contributed by atoms with Crippen molar-refractivity contribution in [1.82, 2.24) is 24.6 Å². The van der Waals surface area contributed by atoms with Gasteiger partial charge in [-0.25, -0.2) is 9.67 Å². The number of aromatic nitrogens is 4. The minimum atomic E-state index is -1.48. The fourth-order valence-electron chi connectivity index (χ4n) is 3.71. The van der Waals surface area contributed by atoms with Crippen molar-refractivity contribution in [3.8, 4) is 17.1 Å². The van der Waals surface area contributed by atoms with E-state index in [4.69, 9.17) is 4.74 Å². The van der Waals surface area contributed by atoms with Gasteiger partial charge in [0.2, 0.25) is 5.95 Å². The van der Waals surface area contributed by atoms with E-state index in [0.29, 0.717) is 43.5 Å². The van der Waals surface area contributed by atoms with Gasteiger partial charge < -0.3 is 20.1 Å². The largest absolute Gasteiger partial charge is 0.377 e. The Morgan fingerprint density at radius 3 is 2.87 bits per heavy atom. The van der Waals surface area contributed by atoms with E-state index in [2.05, 4.69) is 20.4 Å². The summed E-state index contributed by atoms with van der Waals surface area (Å²) >= 11 is 0. The predicted molar refractivity (Wildman–Crippen MR) is 109 cm³/mol. The number of aliphatic hydroxyl groups is 1. The van der Waals surface area contributed by atoms with Gasteiger partial charge in [-0.1, -0.05) is 18.2 Å². The van der Waals surface area contributed by atoms with Gasteiger partial charge in [0.15, 0.2) is 11.4 Å². The van der Waals surface area contributed by atoms with E-state index in [0.717, 1.165) is 11.3 Å². The van der Waals surface area contributed by atoms with E-state index >= 15 is 0 Å². The highest BCUT2D eigenvalue weighted by molar-refractivity contribution is 5.88. The molecule has 4 heterocycles. The minimum Gasteiger partial charge on any atom is -0.377 e. The Balaban J connectivity index is 1.41. The number of benzene rings is 1. The van der Waals surface area contributed by atoms with E-state index in [-0.39, 0.29) is 11.9 Å². The Kier molecular flexibility index (Phi) is 4.48. The van der Waals surface area contributed by atoms with Gasteiger partial charge in [-0.15, -0.1) is 0 Å². The molecule has 2 aliphatic heterocycles. The molecule has 2 fully saturated rings. The van der Waals surface area contributed by atoms with Gasteiger partial charge in [-0.2, -0.15) is 10.1 Å². The van der Waals surface area contributed by atoms with Crippen molar-refractivity contribution in [3.05, 3.63) is 54.4 Å². The number of hydrogen-bond acceptors (Lipinski definition) is 7. The molecule has 2 saturated heterocycles.